The molecule has 146 valence electrons. The van der Waals surface area contributed by atoms with Gasteiger partial charge in [0.2, 0.25) is 5.43 Å². The van der Waals surface area contributed by atoms with E-state index >= 15 is 0 Å². The molecule has 0 atom stereocenters. The van der Waals surface area contributed by atoms with Crippen molar-refractivity contribution in [1.29, 1.82) is 0 Å². The number of aromatic amines is 2. The zero-order valence-corrected chi connectivity index (χ0v) is 15.6. The third kappa shape index (κ3) is 2.99. The number of benzene rings is 2. The summed E-state index contributed by atoms with van der Waals surface area (Å²) in [4.78, 5) is 38.1. The van der Waals surface area contributed by atoms with E-state index in [1.165, 1.54) is 24.4 Å². The second-order valence-electron chi connectivity index (χ2n) is 7.40. The molecule has 0 bridgehead atoms. The number of pyridine rings is 1. The average Bonchev–Trinajstić information content (AvgIpc) is 3.19. The van der Waals surface area contributed by atoms with Crippen LogP contribution in [0.2, 0.25) is 0 Å². The monoisotopic (exact) mass is 390 g/mol. The molecule has 5 rings (SSSR count). The zero-order chi connectivity index (χ0) is 20.0. The maximum atomic E-state index is 13.9. The number of fused-ring (bicyclic) bond motifs is 2. The normalized spacial score (nSPS) is 15.3. The van der Waals surface area contributed by atoms with Crippen LogP contribution in [0.25, 0.3) is 21.9 Å². The predicted octanol–water partition coefficient (Wildman–Crippen LogP) is 3.56. The first-order valence-electron chi connectivity index (χ1n) is 9.65. The number of H-pyrrole nitrogens is 2. The van der Waals surface area contributed by atoms with E-state index in [0.29, 0.717) is 13.1 Å². The summed E-state index contributed by atoms with van der Waals surface area (Å²) in [5.74, 6) is 0.360. The highest BCUT2D eigenvalue weighted by Gasteiger charge is 2.28. The fraction of sp³-hybridized carbons (Fsp3) is 0.227. The molecular formula is C22H19FN4O2. The number of carbonyl (C=O) groups is 1. The van der Waals surface area contributed by atoms with Crippen LogP contribution in [0.3, 0.4) is 0 Å². The molecule has 1 aliphatic heterocycles. The van der Waals surface area contributed by atoms with Crippen molar-refractivity contribution < 1.29 is 9.18 Å². The minimum Gasteiger partial charge on any atom is -0.358 e. The van der Waals surface area contributed by atoms with Gasteiger partial charge in [-0.25, -0.2) is 9.37 Å². The van der Waals surface area contributed by atoms with Gasteiger partial charge in [0.25, 0.3) is 5.91 Å². The first kappa shape index (κ1) is 17.6. The molecule has 29 heavy (non-hydrogen) atoms. The van der Waals surface area contributed by atoms with Gasteiger partial charge in [-0.1, -0.05) is 18.2 Å². The Morgan fingerprint density at radius 3 is 2.69 bits per heavy atom. The Balaban J connectivity index is 1.35. The van der Waals surface area contributed by atoms with Crippen molar-refractivity contribution in [2.45, 2.75) is 18.8 Å². The lowest BCUT2D eigenvalue weighted by Crippen LogP contribution is -2.40. The zero-order valence-electron chi connectivity index (χ0n) is 15.6. The summed E-state index contributed by atoms with van der Waals surface area (Å²) in [5.41, 5.74) is 1.68. The minimum atomic E-state index is -0.509. The third-order valence-electron chi connectivity index (χ3n) is 5.67. The molecule has 2 aromatic carbocycles. The molecule has 0 radical (unpaired) electrons. The second kappa shape index (κ2) is 6.84. The van der Waals surface area contributed by atoms with Crippen LogP contribution in [0, 0.1) is 5.82 Å². The number of halogens is 1. The topological polar surface area (TPSA) is 81.8 Å². The van der Waals surface area contributed by atoms with Gasteiger partial charge in [0, 0.05) is 30.6 Å². The molecule has 1 fully saturated rings. The quantitative estimate of drug-likeness (QED) is 0.549. The number of imidazole rings is 1. The Kier molecular flexibility index (Phi) is 4.16. The molecule has 2 N–H and O–H groups in total. The van der Waals surface area contributed by atoms with E-state index in [1.807, 2.05) is 24.3 Å². The van der Waals surface area contributed by atoms with E-state index in [2.05, 4.69) is 15.0 Å². The Labute approximate surface area is 165 Å². The summed E-state index contributed by atoms with van der Waals surface area (Å²) in [6.45, 7) is 1.09. The van der Waals surface area contributed by atoms with E-state index in [0.717, 1.165) is 29.7 Å². The van der Waals surface area contributed by atoms with Gasteiger partial charge >= 0.3 is 0 Å². The maximum Gasteiger partial charge on any atom is 0.259 e. The smallest absolute Gasteiger partial charge is 0.259 e. The van der Waals surface area contributed by atoms with E-state index in [9.17, 15) is 14.0 Å². The molecule has 7 heteroatoms. The van der Waals surface area contributed by atoms with Gasteiger partial charge in [-0.3, -0.25) is 9.59 Å². The van der Waals surface area contributed by atoms with E-state index in [1.54, 1.807) is 4.90 Å². The number of rotatable bonds is 2. The Morgan fingerprint density at radius 1 is 1.10 bits per heavy atom. The van der Waals surface area contributed by atoms with Crippen LogP contribution in [0.5, 0.6) is 0 Å². The minimum absolute atomic E-state index is 0.0466. The maximum absolute atomic E-state index is 13.9. The van der Waals surface area contributed by atoms with E-state index in [-0.39, 0.29) is 28.3 Å². The van der Waals surface area contributed by atoms with Gasteiger partial charge in [0.05, 0.1) is 16.6 Å². The number of piperidine rings is 1. The lowest BCUT2D eigenvalue weighted by Gasteiger charge is -2.31. The Morgan fingerprint density at radius 2 is 1.90 bits per heavy atom. The molecular weight excluding hydrogens is 371 g/mol. The number of para-hydroxylation sites is 3. The summed E-state index contributed by atoms with van der Waals surface area (Å²) >= 11 is 0. The lowest BCUT2D eigenvalue weighted by molar-refractivity contribution is 0.0710. The molecule has 0 saturated carbocycles. The molecule has 1 saturated heterocycles. The van der Waals surface area contributed by atoms with Gasteiger partial charge in [-0.2, -0.15) is 0 Å². The molecule has 1 aliphatic rings. The van der Waals surface area contributed by atoms with Gasteiger partial charge in [0.15, 0.2) is 0 Å². The molecule has 6 nitrogen and oxygen atoms in total. The van der Waals surface area contributed by atoms with E-state index in [4.69, 9.17) is 0 Å². The highest BCUT2D eigenvalue weighted by atomic mass is 19.1. The molecule has 0 aliphatic carbocycles. The van der Waals surface area contributed by atoms with Crippen LogP contribution in [0.1, 0.15) is 34.9 Å². The van der Waals surface area contributed by atoms with Crippen LogP contribution in [-0.2, 0) is 0 Å². The first-order valence-corrected chi connectivity index (χ1v) is 9.65. The number of hydrogen-bond acceptors (Lipinski definition) is 3. The van der Waals surface area contributed by atoms with Gasteiger partial charge in [-0.15, -0.1) is 0 Å². The van der Waals surface area contributed by atoms with Crippen molar-refractivity contribution in [1.82, 2.24) is 19.9 Å². The largest absolute Gasteiger partial charge is 0.358 e. The summed E-state index contributed by atoms with van der Waals surface area (Å²) in [6, 6.07) is 12.2. The number of amides is 1. The number of likely N-dealkylation sites (tertiary alicyclic amines) is 1. The molecule has 0 spiro atoms. The van der Waals surface area contributed by atoms with Crippen molar-refractivity contribution in [3.63, 3.8) is 0 Å². The standard InChI is InChI=1S/C22H19FN4O2/c23-16-5-3-4-14-19(16)24-12-15(20(14)28)22(29)27-10-8-13(9-11-27)21-25-17-6-1-2-7-18(17)26-21/h1-7,12-13H,8-11H2,(H,24,28)(H,25,26). The van der Waals surface area contributed by atoms with Crippen molar-refractivity contribution in [2.24, 2.45) is 0 Å². The first-order chi connectivity index (χ1) is 14.1. The van der Waals surface area contributed by atoms with Crippen LogP contribution >= 0.6 is 0 Å². The van der Waals surface area contributed by atoms with Crippen LogP contribution in [0.15, 0.2) is 53.5 Å². The SMILES string of the molecule is O=C(c1c[nH]c2c(F)cccc2c1=O)N1CCC(c2nc3ccccc3[nH]2)CC1. The van der Waals surface area contributed by atoms with Crippen molar-refractivity contribution >= 4 is 27.8 Å². The molecule has 0 unspecified atom stereocenters. The van der Waals surface area contributed by atoms with Crippen LogP contribution in [-0.4, -0.2) is 38.8 Å². The number of nitrogens with zero attached hydrogens (tertiary/aromatic N) is 2. The molecule has 2 aromatic heterocycles. The Bertz CT molecular complexity index is 1250. The fourth-order valence-corrected chi connectivity index (χ4v) is 4.07. The highest BCUT2D eigenvalue weighted by molar-refractivity contribution is 5.97. The summed E-state index contributed by atoms with van der Waals surface area (Å²) in [6.07, 6.45) is 2.86. The summed E-state index contributed by atoms with van der Waals surface area (Å²) in [7, 11) is 0. The fourth-order valence-electron chi connectivity index (χ4n) is 4.07. The number of nitrogens with one attached hydrogen (secondary N) is 2. The van der Waals surface area contributed by atoms with Gasteiger partial charge in [0.1, 0.15) is 17.2 Å². The predicted molar refractivity (Wildman–Crippen MR) is 108 cm³/mol. The van der Waals surface area contributed by atoms with Crippen molar-refractivity contribution in [2.75, 3.05) is 13.1 Å². The number of aromatic nitrogens is 3. The lowest BCUT2D eigenvalue weighted by atomic mass is 9.95. The number of carbonyl (C=O) groups excluding carboxylic acids is 1. The summed E-state index contributed by atoms with van der Waals surface area (Å²) < 4.78 is 13.9. The van der Waals surface area contributed by atoms with E-state index < -0.39 is 11.2 Å². The van der Waals surface area contributed by atoms with Crippen molar-refractivity contribution in [3.05, 3.63) is 76.1 Å². The molecule has 4 aromatic rings. The summed E-state index contributed by atoms with van der Waals surface area (Å²) in [5, 5.41) is 0.188. The van der Waals surface area contributed by atoms with Gasteiger partial charge in [-0.05, 0) is 37.1 Å². The highest BCUT2D eigenvalue weighted by Crippen LogP contribution is 2.28. The molecule has 3 heterocycles. The van der Waals surface area contributed by atoms with Gasteiger partial charge < -0.3 is 14.9 Å². The molecule has 1 amide bonds. The Hall–Kier alpha value is -3.48. The average molecular weight is 390 g/mol. The van der Waals surface area contributed by atoms with Crippen LogP contribution in [0.4, 0.5) is 4.39 Å². The third-order valence-corrected chi connectivity index (χ3v) is 5.67. The second-order valence-corrected chi connectivity index (χ2v) is 7.40. The van der Waals surface area contributed by atoms with Crippen LogP contribution < -0.4 is 5.43 Å². The van der Waals surface area contributed by atoms with Crippen molar-refractivity contribution in [3.8, 4) is 0 Å². The number of hydrogen-bond donors (Lipinski definition) is 2.